The minimum Gasteiger partial charge on any atom is -0.353 e. The fourth-order valence-corrected chi connectivity index (χ4v) is 2.28. The smallest absolute Gasteiger partial charge is 0.125 e. The van der Waals surface area contributed by atoms with Gasteiger partial charge in [0.25, 0.3) is 0 Å². The Hall–Kier alpha value is -1.38. The maximum absolute atomic E-state index is 13.2. The SMILES string of the molecule is N#Cc1c(Br)cccc1Nc1cc(F)ccc1Br. The molecule has 0 fully saturated rings. The van der Waals surface area contributed by atoms with Gasteiger partial charge in [-0.1, -0.05) is 6.07 Å². The van der Waals surface area contributed by atoms with E-state index >= 15 is 0 Å². The van der Waals surface area contributed by atoms with Crippen LogP contribution in [0.25, 0.3) is 0 Å². The molecule has 0 aliphatic carbocycles. The molecule has 90 valence electrons. The second kappa shape index (κ2) is 5.51. The lowest BCUT2D eigenvalue weighted by atomic mass is 10.2. The highest BCUT2D eigenvalue weighted by Crippen LogP contribution is 2.30. The number of hydrogen-bond donors (Lipinski definition) is 1. The summed E-state index contributed by atoms with van der Waals surface area (Å²) in [4.78, 5) is 0. The number of nitrogens with zero attached hydrogens (tertiary/aromatic N) is 1. The fraction of sp³-hybridized carbons (Fsp3) is 0. The first kappa shape index (κ1) is 13.1. The molecule has 0 bridgehead atoms. The van der Waals surface area contributed by atoms with Crippen molar-refractivity contribution in [1.29, 1.82) is 5.26 Å². The van der Waals surface area contributed by atoms with Crippen LogP contribution in [-0.2, 0) is 0 Å². The van der Waals surface area contributed by atoms with Crippen molar-refractivity contribution in [3.05, 3.63) is 56.7 Å². The van der Waals surface area contributed by atoms with Gasteiger partial charge in [-0.25, -0.2) is 4.39 Å². The lowest BCUT2D eigenvalue weighted by Gasteiger charge is -2.11. The highest BCUT2D eigenvalue weighted by atomic mass is 79.9. The van der Waals surface area contributed by atoms with E-state index in [9.17, 15) is 4.39 Å². The summed E-state index contributed by atoms with van der Waals surface area (Å²) in [5.41, 5.74) is 1.68. The molecule has 1 N–H and O–H groups in total. The van der Waals surface area contributed by atoms with Gasteiger partial charge in [0.05, 0.1) is 16.9 Å². The molecule has 0 atom stereocenters. The monoisotopic (exact) mass is 368 g/mol. The molecule has 0 aliphatic rings. The zero-order valence-corrected chi connectivity index (χ0v) is 12.2. The van der Waals surface area contributed by atoms with Gasteiger partial charge in [0.1, 0.15) is 11.9 Å². The second-order valence-corrected chi connectivity index (χ2v) is 5.23. The zero-order chi connectivity index (χ0) is 13.1. The molecule has 0 saturated carbocycles. The molecule has 2 nitrogen and oxygen atoms in total. The van der Waals surface area contributed by atoms with Crippen LogP contribution in [0.15, 0.2) is 45.3 Å². The summed E-state index contributed by atoms with van der Waals surface area (Å²) >= 11 is 6.63. The molecule has 0 heterocycles. The molecule has 2 aromatic rings. The van der Waals surface area contributed by atoms with Crippen LogP contribution in [0.5, 0.6) is 0 Å². The van der Waals surface area contributed by atoms with Gasteiger partial charge < -0.3 is 5.32 Å². The minimum absolute atomic E-state index is 0.339. The van der Waals surface area contributed by atoms with Crippen molar-refractivity contribution in [3.8, 4) is 6.07 Å². The molecule has 0 saturated heterocycles. The molecular weight excluding hydrogens is 363 g/mol. The third kappa shape index (κ3) is 2.71. The molecular formula is C13H7Br2FN2. The molecule has 2 aromatic carbocycles. The predicted octanol–water partition coefficient (Wildman–Crippen LogP) is 4.97. The Labute approximate surface area is 121 Å². The Morgan fingerprint density at radius 2 is 1.83 bits per heavy atom. The van der Waals surface area contributed by atoms with Crippen LogP contribution >= 0.6 is 31.9 Å². The molecule has 0 aliphatic heterocycles. The number of benzene rings is 2. The first-order chi connectivity index (χ1) is 8.61. The van der Waals surface area contributed by atoms with Crippen LogP contribution in [0.3, 0.4) is 0 Å². The third-order valence-electron chi connectivity index (χ3n) is 2.32. The van der Waals surface area contributed by atoms with Crippen LogP contribution < -0.4 is 5.32 Å². The van der Waals surface area contributed by atoms with Crippen LogP contribution in [0, 0.1) is 17.1 Å². The maximum atomic E-state index is 13.2. The largest absolute Gasteiger partial charge is 0.353 e. The Kier molecular flexibility index (Phi) is 4.00. The zero-order valence-electron chi connectivity index (χ0n) is 9.05. The Bertz CT molecular complexity index is 635. The summed E-state index contributed by atoms with van der Waals surface area (Å²) in [6.45, 7) is 0. The van der Waals surface area contributed by atoms with E-state index in [2.05, 4.69) is 43.2 Å². The van der Waals surface area contributed by atoms with Gasteiger partial charge in [0.2, 0.25) is 0 Å². The van der Waals surface area contributed by atoms with Crippen LogP contribution in [0.4, 0.5) is 15.8 Å². The second-order valence-electron chi connectivity index (χ2n) is 3.52. The topological polar surface area (TPSA) is 35.8 Å². The highest BCUT2D eigenvalue weighted by Gasteiger charge is 2.08. The van der Waals surface area contributed by atoms with E-state index in [1.54, 1.807) is 24.3 Å². The molecule has 0 amide bonds. The van der Waals surface area contributed by atoms with Crippen molar-refractivity contribution < 1.29 is 4.39 Å². The number of nitriles is 1. The van der Waals surface area contributed by atoms with Gasteiger partial charge in [0, 0.05) is 8.95 Å². The minimum atomic E-state index is -0.339. The predicted molar refractivity (Wildman–Crippen MR) is 76.2 cm³/mol. The highest BCUT2D eigenvalue weighted by molar-refractivity contribution is 9.11. The average Bonchev–Trinajstić information content (AvgIpc) is 2.34. The number of nitrogens with one attached hydrogen (secondary N) is 1. The molecule has 0 unspecified atom stereocenters. The van der Waals surface area contributed by atoms with Crippen molar-refractivity contribution in [2.75, 3.05) is 5.32 Å². The van der Waals surface area contributed by atoms with Crippen molar-refractivity contribution >= 4 is 43.2 Å². The van der Waals surface area contributed by atoms with E-state index in [-0.39, 0.29) is 5.82 Å². The first-order valence-electron chi connectivity index (χ1n) is 5.02. The van der Waals surface area contributed by atoms with Gasteiger partial charge in [-0.2, -0.15) is 5.26 Å². The van der Waals surface area contributed by atoms with Crippen LogP contribution in [-0.4, -0.2) is 0 Å². The van der Waals surface area contributed by atoms with Crippen LogP contribution in [0.2, 0.25) is 0 Å². The van der Waals surface area contributed by atoms with Crippen molar-refractivity contribution in [3.63, 3.8) is 0 Å². The van der Waals surface area contributed by atoms with E-state index in [4.69, 9.17) is 5.26 Å². The molecule has 2 rings (SSSR count). The molecule has 5 heteroatoms. The summed E-state index contributed by atoms with van der Waals surface area (Å²) in [7, 11) is 0. The van der Waals surface area contributed by atoms with E-state index in [0.29, 0.717) is 21.4 Å². The van der Waals surface area contributed by atoms with E-state index in [1.165, 1.54) is 12.1 Å². The first-order valence-corrected chi connectivity index (χ1v) is 6.61. The van der Waals surface area contributed by atoms with Crippen molar-refractivity contribution in [2.24, 2.45) is 0 Å². The quantitative estimate of drug-likeness (QED) is 0.811. The molecule has 18 heavy (non-hydrogen) atoms. The van der Waals surface area contributed by atoms with Crippen molar-refractivity contribution in [1.82, 2.24) is 0 Å². The molecule has 0 aromatic heterocycles. The van der Waals surface area contributed by atoms with Gasteiger partial charge in [0.15, 0.2) is 0 Å². The van der Waals surface area contributed by atoms with Crippen LogP contribution in [0.1, 0.15) is 5.56 Å². The van der Waals surface area contributed by atoms with Gasteiger partial charge in [-0.3, -0.25) is 0 Å². The summed E-state index contributed by atoms with van der Waals surface area (Å²) in [5, 5.41) is 12.1. The molecule has 0 radical (unpaired) electrons. The van der Waals surface area contributed by atoms with Gasteiger partial charge in [-0.05, 0) is 62.2 Å². The fourth-order valence-electron chi connectivity index (χ4n) is 1.48. The van der Waals surface area contributed by atoms with E-state index in [0.717, 1.165) is 4.47 Å². The van der Waals surface area contributed by atoms with E-state index < -0.39 is 0 Å². The number of rotatable bonds is 2. The summed E-state index contributed by atoms with van der Waals surface area (Å²) < 4.78 is 14.6. The normalized spacial score (nSPS) is 9.89. The Morgan fingerprint density at radius 1 is 1.06 bits per heavy atom. The number of hydrogen-bond acceptors (Lipinski definition) is 2. The standard InChI is InChI=1S/C13H7Br2FN2/c14-10-2-1-3-12(9(10)7-17)18-13-6-8(16)4-5-11(13)15/h1-6,18H. The summed E-state index contributed by atoms with van der Waals surface area (Å²) in [5.74, 6) is -0.339. The molecule has 0 spiro atoms. The summed E-state index contributed by atoms with van der Waals surface area (Å²) in [6.07, 6.45) is 0. The average molecular weight is 370 g/mol. The lowest BCUT2D eigenvalue weighted by molar-refractivity contribution is 0.628. The number of halogens is 3. The third-order valence-corrected chi connectivity index (χ3v) is 3.68. The lowest BCUT2D eigenvalue weighted by Crippen LogP contribution is -1.95. The van der Waals surface area contributed by atoms with Gasteiger partial charge >= 0.3 is 0 Å². The Morgan fingerprint density at radius 3 is 2.56 bits per heavy atom. The summed E-state index contributed by atoms with van der Waals surface area (Å²) in [6, 6.07) is 11.8. The van der Waals surface area contributed by atoms with Crippen molar-refractivity contribution in [2.45, 2.75) is 0 Å². The number of anilines is 2. The Balaban J connectivity index is 2.44. The van der Waals surface area contributed by atoms with Gasteiger partial charge in [-0.15, -0.1) is 0 Å². The maximum Gasteiger partial charge on any atom is 0.125 e. The van der Waals surface area contributed by atoms with E-state index in [1.807, 2.05) is 0 Å².